The first-order valence-corrected chi connectivity index (χ1v) is 8.18. The number of nitrogens with zero attached hydrogens (tertiary/aromatic N) is 1. The minimum Gasteiger partial charge on any atom is -0.443 e. The quantitative estimate of drug-likeness (QED) is 0.757. The lowest BCUT2D eigenvalue weighted by Gasteiger charge is -2.20. The molecule has 1 heterocycles. The maximum absolute atomic E-state index is 12.1. The summed E-state index contributed by atoms with van der Waals surface area (Å²) in [6.07, 6.45) is 0.810. The van der Waals surface area contributed by atoms with Gasteiger partial charge in [-0.05, 0) is 32.9 Å². The van der Waals surface area contributed by atoms with Crippen LogP contribution < -0.4 is 0 Å². The molecule has 108 valence electrons. The second kappa shape index (κ2) is 4.79. The smallest absolute Gasteiger partial charge is 0.419 e. The van der Waals surface area contributed by atoms with Crippen LogP contribution in [-0.2, 0) is 13.8 Å². The first-order chi connectivity index (χ1) is 9.09. The van der Waals surface area contributed by atoms with Crippen molar-refractivity contribution in [3.8, 4) is 0 Å². The summed E-state index contributed by atoms with van der Waals surface area (Å²) in [7, 11) is 1.46. The van der Waals surface area contributed by atoms with Gasteiger partial charge in [0.05, 0.1) is 5.52 Å². The first kappa shape index (κ1) is 14.9. The molecular formula is C13H14ClNO4S. The summed E-state index contributed by atoms with van der Waals surface area (Å²) < 4.78 is 29.6. The van der Waals surface area contributed by atoms with Crippen molar-refractivity contribution < 1.29 is 17.9 Å². The number of hydrogen-bond acceptors (Lipinski definition) is 4. The Morgan fingerprint density at radius 1 is 1.25 bits per heavy atom. The van der Waals surface area contributed by atoms with Gasteiger partial charge in [0.2, 0.25) is 0 Å². The van der Waals surface area contributed by atoms with Gasteiger partial charge in [0.1, 0.15) is 10.5 Å². The topological polar surface area (TPSA) is 65.4 Å². The van der Waals surface area contributed by atoms with Gasteiger partial charge < -0.3 is 4.74 Å². The molecule has 0 spiro atoms. The molecule has 1 aromatic carbocycles. The molecule has 0 bridgehead atoms. The van der Waals surface area contributed by atoms with Crippen molar-refractivity contribution in [2.75, 3.05) is 0 Å². The molecule has 0 aliphatic heterocycles. The second-order valence-corrected chi connectivity index (χ2v) is 7.83. The lowest BCUT2D eigenvalue weighted by molar-refractivity contribution is 0.0544. The van der Waals surface area contributed by atoms with Crippen molar-refractivity contribution in [1.82, 2.24) is 4.57 Å². The van der Waals surface area contributed by atoms with Crippen LogP contribution in [0.1, 0.15) is 20.8 Å². The van der Waals surface area contributed by atoms with Gasteiger partial charge in [-0.15, -0.1) is 0 Å². The Morgan fingerprint density at radius 2 is 1.90 bits per heavy atom. The summed E-state index contributed by atoms with van der Waals surface area (Å²) in [6, 6.07) is 6.25. The molecule has 20 heavy (non-hydrogen) atoms. The molecule has 5 nitrogen and oxygen atoms in total. The maximum Gasteiger partial charge on any atom is 0.419 e. The lowest BCUT2D eigenvalue weighted by atomic mass is 10.2. The molecule has 1 aromatic heterocycles. The highest BCUT2D eigenvalue weighted by molar-refractivity contribution is 8.14. The van der Waals surface area contributed by atoms with E-state index in [1.165, 1.54) is 12.3 Å². The minimum atomic E-state index is -3.96. The maximum atomic E-state index is 12.1. The Kier molecular flexibility index (Phi) is 3.56. The van der Waals surface area contributed by atoms with E-state index in [0.29, 0.717) is 5.39 Å². The van der Waals surface area contributed by atoms with Crippen molar-refractivity contribution in [3.05, 3.63) is 30.5 Å². The number of para-hydroxylation sites is 1. The molecule has 0 atom stereocenters. The first-order valence-electron chi connectivity index (χ1n) is 5.88. The van der Waals surface area contributed by atoms with Crippen LogP contribution in [0.15, 0.2) is 35.4 Å². The standard InChI is InChI=1S/C13H14ClNO4S/c1-13(2,3)19-12(16)15-8-7-9-5-4-6-10(11(9)15)20(14,17)18/h4-8H,1-3H3. The van der Waals surface area contributed by atoms with Gasteiger partial charge in [-0.2, -0.15) is 0 Å². The summed E-state index contributed by atoms with van der Waals surface area (Å²) in [5.74, 6) is 0. The number of fused-ring (bicyclic) bond motifs is 1. The van der Waals surface area contributed by atoms with Crippen LogP contribution in [0.3, 0.4) is 0 Å². The van der Waals surface area contributed by atoms with Crippen LogP contribution in [0.2, 0.25) is 0 Å². The molecule has 0 N–H and O–H groups in total. The van der Waals surface area contributed by atoms with Gasteiger partial charge in [0.25, 0.3) is 9.05 Å². The van der Waals surface area contributed by atoms with Gasteiger partial charge >= 0.3 is 6.09 Å². The molecular weight excluding hydrogens is 302 g/mol. The normalized spacial score (nSPS) is 12.6. The Balaban J connectivity index is 2.65. The van der Waals surface area contributed by atoms with E-state index in [-0.39, 0.29) is 10.4 Å². The van der Waals surface area contributed by atoms with E-state index in [9.17, 15) is 13.2 Å². The van der Waals surface area contributed by atoms with Crippen LogP contribution in [0.4, 0.5) is 4.79 Å². The zero-order chi connectivity index (χ0) is 15.1. The monoisotopic (exact) mass is 315 g/mol. The number of aromatic nitrogens is 1. The Labute approximate surface area is 121 Å². The average molecular weight is 316 g/mol. The zero-order valence-electron chi connectivity index (χ0n) is 11.3. The predicted molar refractivity (Wildman–Crippen MR) is 76.6 cm³/mol. The van der Waals surface area contributed by atoms with E-state index in [4.69, 9.17) is 15.4 Å². The zero-order valence-corrected chi connectivity index (χ0v) is 12.8. The van der Waals surface area contributed by atoms with Crippen molar-refractivity contribution in [3.63, 3.8) is 0 Å². The van der Waals surface area contributed by atoms with Crippen molar-refractivity contribution in [2.24, 2.45) is 0 Å². The van der Waals surface area contributed by atoms with Crippen LogP contribution in [0.5, 0.6) is 0 Å². The fourth-order valence-corrected chi connectivity index (χ4v) is 2.88. The molecule has 0 radical (unpaired) electrons. The number of halogens is 1. The molecule has 0 fully saturated rings. The third-order valence-electron chi connectivity index (χ3n) is 2.53. The lowest BCUT2D eigenvalue weighted by Crippen LogP contribution is -2.27. The van der Waals surface area contributed by atoms with E-state index >= 15 is 0 Å². The van der Waals surface area contributed by atoms with E-state index in [0.717, 1.165) is 4.57 Å². The number of hydrogen-bond donors (Lipinski definition) is 0. The number of rotatable bonds is 1. The summed E-state index contributed by atoms with van der Waals surface area (Å²) >= 11 is 0. The largest absolute Gasteiger partial charge is 0.443 e. The van der Waals surface area contributed by atoms with Crippen molar-refractivity contribution in [2.45, 2.75) is 31.3 Å². The van der Waals surface area contributed by atoms with Gasteiger partial charge in [0.15, 0.2) is 0 Å². The minimum absolute atomic E-state index is 0.118. The molecule has 0 amide bonds. The van der Waals surface area contributed by atoms with E-state index < -0.39 is 20.7 Å². The number of carbonyl (C=O) groups is 1. The fourth-order valence-electron chi connectivity index (χ4n) is 1.82. The molecule has 0 saturated heterocycles. The number of ether oxygens (including phenoxy) is 1. The highest BCUT2D eigenvalue weighted by atomic mass is 35.7. The molecule has 2 rings (SSSR count). The van der Waals surface area contributed by atoms with Gasteiger partial charge in [-0.3, -0.25) is 4.57 Å². The predicted octanol–water partition coefficient (Wildman–Crippen LogP) is 3.35. The molecule has 2 aromatic rings. The Hall–Kier alpha value is -1.53. The van der Waals surface area contributed by atoms with Gasteiger partial charge in [-0.25, -0.2) is 13.2 Å². The summed E-state index contributed by atoms with van der Waals surface area (Å²) in [4.78, 5) is 12.0. The van der Waals surface area contributed by atoms with Crippen LogP contribution in [0.25, 0.3) is 10.9 Å². The highest BCUT2D eigenvalue weighted by Crippen LogP contribution is 2.27. The van der Waals surface area contributed by atoms with Gasteiger partial charge in [0, 0.05) is 22.3 Å². The van der Waals surface area contributed by atoms with E-state index in [1.54, 1.807) is 39.0 Å². The van der Waals surface area contributed by atoms with Crippen LogP contribution in [-0.4, -0.2) is 24.7 Å². The SMILES string of the molecule is CC(C)(C)OC(=O)n1ccc2cccc(S(=O)(=O)Cl)c21. The molecule has 0 aliphatic carbocycles. The third-order valence-corrected chi connectivity index (χ3v) is 3.88. The van der Waals surface area contributed by atoms with Gasteiger partial charge in [-0.1, -0.05) is 12.1 Å². The van der Waals surface area contributed by atoms with Crippen molar-refractivity contribution >= 4 is 36.7 Å². The van der Waals surface area contributed by atoms with Crippen LogP contribution >= 0.6 is 10.7 Å². The number of carbonyl (C=O) groups excluding carboxylic acids is 1. The van der Waals surface area contributed by atoms with E-state index in [2.05, 4.69) is 0 Å². The van der Waals surface area contributed by atoms with E-state index in [1.807, 2.05) is 0 Å². The molecule has 0 saturated carbocycles. The fraction of sp³-hybridized carbons (Fsp3) is 0.308. The highest BCUT2D eigenvalue weighted by Gasteiger charge is 2.23. The van der Waals surface area contributed by atoms with Crippen molar-refractivity contribution in [1.29, 1.82) is 0 Å². The number of benzene rings is 1. The summed E-state index contributed by atoms with van der Waals surface area (Å²) in [5.41, 5.74) is -0.459. The third kappa shape index (κ3) is 2.96. The summed E-state index contributed by atoms with van der Waals surface area (Å²) in [6.45, 7) is 5.20. The average Bonchev–Trinajstić information content (AvgIpc) is 2.68. The Morgan fingerprint density at radius 3 is 2.45 bits per heavy atom. The molecule has 0 aliphatic rings. The molecule has 0 unspecified atom stereocenters. The Bertz CT molecular complexity index is 771. The summed E-state index contributed by atoms with van der Waals surface area (Å²) in [5, 5.41) is 0.595. The molecule has 7 heteroatoms. The van der Waals surface area contributed by atoms with Crippen LogP contribution in [0, 0.1) is 0 Å². The second-order valence-electron chi connectivity index (χ2n) is 5.30.